The van der Waals surface area contributed by atoms with Crippen molar-refractivity contribution in [3.05, 3.63) is 12.2 Å². The van der Waals surface area contributed by atoms with Gasteiger partial charge in [0.1, 0.15) is 0 Å². The van der Waals surface area contributed by atoms with Gasteiger partial charge in [0.25, 0.3) is 0 Å². The number of rotatable bonds is 4. The lowest BCUT2D eigenvalue weighted by Gasteiger charge is -2.58. The molecule has 4 aliphatic carbocycles. The number of carboxylic acid groups (broad SMARTS) is 1. The largest absolute Gasteiger partial charge is 0.481 e. The van der Waals surface area contributed by atoms with Crippen molar-refractivity contribution in [2.75, 3.05) is 0 Å². The Morgan fingerprint density at radius 1 is 1.19 bits per heavy atom. The van der Waals surface area contributed by atoms with Crippen LogP contribution < -0.4 is 0 Å². The normalized spacial score (nSPS) is 49.8. The number of hydrogen-bond acceptors (Lipinski definition) is 2. The van der Waals surface area contributed by atoms with Crippen LogP contribution in [-0.4, -0.2) is 22.3 Å². The van der Waals surface area contributed by atoms with E-state index >= 15 is 0 Å². The van der Waals surface area contributed by atoms with Gasteiger partial charge in [0.05, 0.1) is 6.10 Å². The monoisotopic (exact) mass is 374 g/mol. The number of fused-ring (bicyclic) bond motifs is 5. The van der Waals surface area contributed by atoms with E-state index in [0.29, 0.717) is 35.5 Å². The number of aliphatic hydroxyl groups is 1. The molecule has 4 rings (SSSR count). The lowest BCUT2D eigenvalue weighted by atomic mass is 9.46. The standard InChI is InChI=1S/C24H38O3/c1-15(4-9-22(26)27)19-7-8-20-18-6-5-16-14-17(25)10-12-23(16,2)21(18)11-13-24(19,20)3/h11,13,15-21,25H,4-10,12,14H2,1-3H3,(H,26,27)/t15-,16?,17-,18?,19?,20?,21?,23?,24?/m1/s1. The molecule has 7 unspecified atom stereocenters. The van der Waals surface area contributed by atoms with Crippen LogP contribution in [0.5, 0.6) is 0 Å². The van der Waals surface area contributed by atoms with Crippen molar-refractivity contribution in [3.8, 4) is 0 Å². The average Bonchev–Trinajstić information content (AvgIpc) is 2.97. The van der Waals surface area contributed by atoms with Crippen molar-refractivity contribution in [2.24, 2.45) is 46.3 Å². The van der Waals surface area contributed by atoms with Crippen molar-refractivity contribution in [2.45, 2.75) is 84.7 Å². The van der Waals surface area contributed by atoms with Gasteiger partial charge in [-0.25, -0.2) is 0 Å². The Morgan fingerprint density at radius 2 is 1.96 bits per heavy atom. The summed E-state index contributed by atoms with van der Waals surface area (Å²) in [5.41, 5.74) is 0.615. The second-order valence-corrected chi connectivity index (χ2v) is 10.8. The number of aliphatic carboxylic acids is 1. The Balaban J connectivity index is 1.56. The first kappa shape index (κ1) is 19.5. The maximum atomic E-state index is 11.0. The Labute approximate surface area is 164 Å². The third kappa shape index (κ3) is 3.09. The molecule has 4 aliphatic rings. The van der Waals surface area contributed by atoms with E-state index in [9.17, 15) is 9.90 Å². The summed E-state index contributed by atoms with van der Waals surface area (Å²) in [6, 6.07) is 0. The average molecular weight is 375 g/mol. The minimum atomic E-state index is -0.661. The predicted octanol–water partition coefficient (Wildman–Crippen LogP) is 5.28. The second kappa shape index (κ2) is 6.90. The lowest BCUT2D eigenvalue weighted by molar-refractivity contribution is -0.137. The molecule has 0 aromatic rings. The van der Waals surface area contributed by atoms with E-state index < -0.39 is 5.97 Å². The van der Waals surface area contributed by atoms with Gasteiger partial charge < -0.3 is 10.2 Å². The molecule has 27 heavy (non-hydrogen) atoms. The Bertz CT molecular complexity index is 613. The molecule has 0 radical (unpaired) electrons. The summed E-state index contributed by atoms with van der Waals surface area (Å²) in [6.07, 6.45) is 14.5. The van der Waals surface area contributed by atoms with Crippen molar-refractivity contribution >= 4 is 5.97 Å². The molecular weight excluding hydrogens is 336 g/mol. The molecule has 0 heterocycles. The van der Waals surface area contributed by atoms with Crippen LogP contribution in [0.4, 0.5) is 0 Å². The summed E-state index contributed by atoms with van der Waals surface area (Å²) in [4.78, 5) is 11.0. The fourth-order valence-corrected chi connectivity index (χ4v) is 8.10. The van der Waals surface area contributed by atoms with Crippen LogP contribution in [0.2, 0.25) is 0 Å². The Kier molecular flexibility index (Phi) is 4.98. The van der Waals surface area contributed by atoms with E-state index in [1.807, 2.05) is 0 Å². The molecule has 0 bridgehead atoms. The first-order valence-electron chi connectivity index (χ1n) is 11.3. The van der Waals surface area contributed by atoms with Crippen molar-refractivity contribution < 1.29 is 15.0 Å². The topological polar surface area (TPSA) is 57.5 Å². The maximum Gasteiger partial charge on any atom is 0.303 e. The molecule has 3 nitrogen and oxygen atoms in total. The zero-order chi connectivity index (χ0) is 19.4. The Hall–Kier alpha value is -0.830. The van der Waals surface area contributed by atoms with E-state index in [4.69, 9.17) is 5.11 Å². The summed E-state index contributed by atoms with van der Waals surface area (Å²) in [5.74, 6) is 3.35. The highest BCUT2D eigenvalue weighted by molar-refractivity contribution is 5.66. The van der Waals surface area contributed by atoms with E-state index in [2.05, 4.69) is 32.9 Å². The van der Waals surface area contributed by atoms with Gasteiger partial charge in [-0.15, -0.1) is 0 Å². The lowest BCUT2D eigenvalue weighted by Crippen LogP contribution is -2.52. The number of hydrogen-bond donors (Lipinski definition) is 2. The molecule has 3 fully saturated rings. The quantitative estimate of drug-likeness (QED) is 0.658. The molecule has 0 spiro atoms. The van der Waals surface area contributed by atoms with Crippen LogP contribution in [0.25, 0.3) is 0 Å². The second-order valence-electron chi connectivity index (χ2n) is 10.8. The summed E-state index contributed by atoms with van der Waals surface area (Å²) < 4.78 is 0. The molecule has 152 valence electrons. The molecule has 3 heteroatoms. The van der Waals surface area contributed by atoms with Gasteiger partial charge in [-0.05, 0) is 97.7 Å². The highest BCUT2D eigenvalue weighted by atomic mass is 16.4. The van der Waals surface area contributed by atoms with E-state index in [1.54, 1.807) is 0 Å². The third-order valence-corrected chi connectivity index (χ3v) is 9.64. The summed E-state index contributed by atoms with van der Waals surface area (Å²) in [6.45, 7) is 7.26. The SMILES string of the molecule is C[C@H](CCC(=O)O)C1CCC2C3CCC4C[C@H](O)CCC4(C)C3C=CC21C. The van der Waals surface area contributed by atoms with Gasteiger partial charge in [-0.1, -0.05) is 32.9 Å². The highest BCUT2D eigenvalue weighted by Gasteiger charge is 2.58. The van der Waals surface area contributed by atoms with Crippen LogP contribution in [-0.2, 0) is 4.79 Å². The molecule has 0 amide bonds. The smallest absolute Gasteiger partial charge is 0.303 e. The van der Waals surface area contributed by atoms with Crippen molar-refractivity contribution in [3.63, 3.8) is 0 Å². The van der Waals surface area contributed by atoms with Crippen molar-refractivity contribution in [1.82, 2.24) is 0 Å². The minimum Gasteiger partial charge on any atom is -0.481 e. The molecule has 3 saturated carbocycles. The number of carbonyl (C=O) groups is 1. The first-order valence-corrected chi connectivity index (χ1v) is 11.3. The molecular formula is C24H38O3. The minimum absolute atomic E-state index is 0.0802. The number of allylic oxidation sites excluding steroid dienone is 2. The van der Waals surface area contributed by atoms with E-state index in [-0.39, 0.29) is 11.5 Å². The van der Waals surface area contributed by atoms with E-state index in [1.165, 1.54) is 32.1 Å². The van der Waals surface area contributed by atoms with Crippen LogP contribution in [0.1, 0.15) is 78.6 Å². The van der Waals surface area contributed by atoms with Gasteiger partial charge in [0, 0.05) is 6.42 Å². The zero-order valence-electron chi connectivity index (χ0n) is 17.4. The van der Waals surface area contributed by atoms with Gasteiger partial charge in [-0.2, -0.15) is 0 Å². The molecule has 0 saturated heterocycles. The molecule has 0 aromatic heterocycles. The van der Waals surface area contributed by atoms with Gasteiger partial charge in [0.2, 0.25) is 0 Å². The Morgan fingerprint density at radius 3 is 2.70 bits per heavy atom. The highest BCUT2D eigenvalue weighted by Crippen LogP contribution is 2.66. The first-order chi connectivity index (χ1) is 12.8. The number of carboxylic acids is 1. The van der Waals surface area contributed by atoms with E-state index in [0.717, 1.165) is 31.1 Å². The van der Waals surface area contributed by atoms with Crippen molar-refractivity contribution in [1.29, 1.82) is 0 Å². The number of aliphatic hydroxyl groups excluding tert-OH is 1. The summed E-state index contributed by atoms with van der Waals surface area (Å²) in [5, 5.41) is 19.3. The fourth-order valence-electron chi connectivity index (χ4n) is 8.10. The molecule has 2 N–H and O–H groups in total. The van der Waals surface area contributed by atoms with Gasteiger partial charge in [0.15, 0.2) is 0 Å². The predicted molar refractivity (Wildman–Crippen MR) is 107 cm³/mol. The summed E-state index contributed by atoms with van der Waals surface area (Å²) in [7, 11) is 0. The van der Waals surface area contributed by atoms with Gasteiger partial charge in [-0.3, -0.25) is 4.79 Å². The zero-order valence-corrected chi connectivity index (χ0v) is 17.4. The summed E-state index contributed by atoms with van der Waals surface area (Å²) >= 11 is 0. The third-order valence-electron chi connectivity index (χ3n) is 9.64. The maximum absolute atomic E-state index is 11.0. The van der Waals surface area contributed by atoms with Gasteiger partial charge >= 0.3 is 5.97 Å². The van der Waals surface area contributed by atoms with Crippen LogP contribution >= 0.6 is 0 Å². The fraction of sp³-hybridized carbons (Fsp3) is 0.875. The van der Waals surface area contributed by atoms with Crippen LogP contribution in [0.3, 0.4) is 0 Å². The molecule has 0 aromatic carbocycles. The van der Waals surface area contributed by atoms with Crippen LogP contribution in [0, 0.1) is 46.3 Å². The molecule has 0 aliphatic heterocycles. The molecule has 9 atom stereocenters. The van der Waals surface area contributed by atoms with Crippen LogP contribution in [0.15, 0.2) is 12.2 Å².